The van der Waals surface area contributed by atoms with Crippen LogP contribution in [0.5, 0.6) is 0 Å². The number of sulfone groups is 1. The first kappa shape index (κ1) is 14.4. The molecule has 0 atom stereocenters. The van der Waals surface area contributed by atoms with Crippen molar-refractivity contribution in [3.63, 3.8) is 0 Å². The lowest BCUT2D eigenvalue weighted by Gasteiger charge is -2.05. The van der Waals surface area contributed by atoms with Crippen molar-refractivity contribution < 1.29 is 8.42 Å². The van der Waals surface area contributed by atoms with Crippen LogP contribution in [0.4, 0.5) is 0 Å². The van der Waals surface area contributed by atoms with Gasteiger partial charge < -0.3 is 0 Å². The molecule has 0 spiro atoms. The third-order valence-electron chi connectivity index (χ3n) is 2.52. The van der Waals surface area contributed by atoms with E-state index in [9.17, 15) is 8.42 Å². The summed E-state index contributed by atoms with van der Waals surface area (Å²) in [6, 6.07) is 16.1. The summed E-state index contributed by atoms with van der Waals surface area (Å²) < 4.78 is 24.1. The third kappa shape index (κ3) is 4.27. The highest BCUT2D eigenvalue weighted by Crippen LogP contribution is 2.21. The summed E-state index contributed by atoms with van der Waals surface area (Å²) in [5.74, 6) is 0.688. The minimum absolute atomic E-state index is 0.0729. The number of rotatable bonds is 5. The topological polar surface area (TPSA) is 34.1 Å². The van der Waals surface area contributed by atoms with Crippen LogP contribution in [0.2, 0.25) is 5.02 Å². The van der Waals surface area contributed by atoms with Crippen LogP contribution in [-0.2, 0) is 15.6 Å². The number of halogens is 1. The van der Waals surface area contributed by atoms with Crippen molar-refractivity contribution in [2.45, 2.75) is 10.6 Å². The molecule has 0 aliphatic rings. The van der Waals surface area contributed by atoms with E-state index in [2.05, 4.69) is 0 Å². The van der Waals surface area contributed by atoms with Gasteiger partial charge in [-0.2, -0.15) is 0 Å². The highest BCUT2D eigenvalue weighted by molar-refractivity contribution is 8.12. The van der Waals surface area contributed by atoms with Gasteiger partial charge >= 0.3 is 0 Å². The van der Waals surface area contributed by atoms with E-state index in [-0.39, 0.29) is 5.08 Å². The number of hydrogen-bond acceptors (Lipinski definition) is 3. The van der Waals surface area contributed by atoms with Crippen LogP contribution in [0.25, 0.3) is 0 Å². The lowest BCUT2D eigenvalue weighted by atomic mass is 10.2. The molecule has 0 radical (unpaired) electrons. The molecule has 0 unspecified atom stereocenters. The van der Waals surface area contributed by atoms with Crippen molar-refractivity contribution in [2.24, 2.45) is 0 Å². The summed E-state index contributed by atoms with van der Waals surface area (Å²) in [4.78, 5) is 0.317. The zero-order valence-electron chi connectivity index (χ0n) is 10.1. The van der Waals surface area contributed by atoms with Gasteiger partial charge in [-0.25, -0.2) is 8.42 Å². The Morgan fingerprint density at radius 2 is 1.58 bits per heavy atom. The van der Waals surface area contributed by atoms with Gasteiger partial charge in [-0.05, 0) is 29.8 Å². The molecule has 2 aromatic rings. The second-order valence-corrected chi connectivity index (χ2v) is 7.80. The monoisotopic (exact) mass is 312 g/mol. The quantitative estimate of drug-likeness (QED) is 0.836. The zero-order chi connectivity index (χ0) is 13.7. The van der Waals surface area contributed by atoms with Gasteiger partial charge in [0.15, 0.2) is 9.84 Å². The van der Waals surface area contributed by atoms with E-state index in [0.29, 0.717) is 15.7 Å². The van der Waals surface area contributed by atoms with Crippen LogP contribution in [-0.4, -0.2) is 13.5 Å². The Bertz CT molecular complexity index is 622. The predicted octanol–water partition coefficient (Wildman–Crippen LogP) is 4.00. The minimum atomic E-state index is -3.24. The molecule has 0 saturated carbocycles. The summed E-state index contributed by atoms with van der Waals surface area (Å²) in [5, 5.41) is 0.611. The first-order valence-electron chi connectivity index (χ1n) is 5.68. The van der Waals surface area contributed by atoms with Crippen LogP contribution in [0.15, 0.2) is 59.5 Å². The van der Waals surface area contributed by atoms with Gasteiger partial charge in [-0.1, -0.05) is 41.9 Å². The summed E-state index contributed by atoms with van der Waals surface area (Å²) >= 11 is 7.14. The molecule has 2 nitrogen and oxygen atoms in total. The molecule has 0 aromatic heterocycles. The molecule has 0 bridgehead atoms. The van der Waals surface area contributed by atoms with Crippen molar-refractivity contribution in [3.8, 4) is 0 Å². The fourth-order valence-corrected chi connectivity index (χ4v) is 4.41. The average molecular weight is 313 g/mol. The Hall–Kier alpha value is -0.970. The molecular formula is C14H13ClO2S2. The maximum Gasteiger partial charge on any atom is 0.187 e. The predicted molar refractivity (Wildman–Crippen MR) is 81.2 cm³/mol. The van der Waals surface area contributed by atoms with Crippen LogP contribution in [0.3, 0.4) is 0 Å². The summed E-state index contributed by atoms with van der Waals surface area (Å²) in [5.41, 5.74) is 1.12. The van der Waals surface area contributed by atoms with Crippen LogP contribution in [0.1, 0.15) is 5.56 Å². The van der Waals surface area contributed by atoms with Gasteiger partial charge in [-0.3, -0.25) is 0 Å². The van der Waals surface area contributed by atoms with Gasteiger partial charge in [0.1, 0.15) is 5.08 Å². The molecule has 0 saturated heterocycles. The summed E-state index contributed by atoms with van der Waals surface area (Å²) in [6.45, 7) is 0. The molecule has 0 fully saturated rings. The Balaban J connectivity index is 1.97. The maximum absolute atomic E-state index is 12.1. The molecule has 2 aromatic carbocycles. The third-order valence-corrected chi connectivity index (χ3v) is 6.21. The first-order chi connectivity index (χ1) is 9.08. The number of thioether (sulfide) groups is 1. The molecular weight excluding hydrogens is 300 g/mol. The fourth-order valence-electron chi connectivity index (χ4n) is 1.55. The SMILES string of the molecule is O=S(=O)(CSCc1ccccc1)c1ccc(Cl)cc1. The van der Waals surface area contributed by atoms with Crippen molar-refractivity contribution in [2.75, 3.05) is 5.08 Å². The van der Waals surface area contributed by atoms with E-state index in [0.717, 1.165) is 5.56 Å². The summed E-state index contributed by atoms with van der Waals surface area (Å²) in [7, 11) is -3.24. The van der Waals surface area contributed by atoms with Gasteiger partial charge in [-0.15, -0.1) is 11.8 Å². The van der Waals surface area contributed by atoms with Crippen molar-refractivity contribution in [3.05, 3.63) is 65.2 Å². The Morgan fingerprint density at radius 1 is 0.947 bits per heavy atom. The van der Waals surface area contributed by atoms with Gasteiger partial charge in [0, 0.05) is 10.8 Å². The molecule has 0 amide bonds. The zero-order valence-corrected chi connectivity index (χ0v) is 12.5. The maximum atomic E-state index is 12.1. The Morgan fingerprint density at radius 3 is 2.21 bits per heavy atom. The van der Waals surface area contributed by atoms with Crippen molar-refractivity contribution in [1.82, 2.24) is 0 Å². The average Bonchev–Trinajstić information content (AvgIpc) is 2.40. The van der Waals surface area contributed by atoms with E-state index in [4.69, 9.17) is 11.6 Å². The van der Waals surface area contributed by atoms with E-state index in [1.54, 1.807) is 24.3 Å². The van der Waals surface area contributed by atoms with Crippen LogP contribution in [0, 0.1) is 0 Å². The normalized spacial score (nSPS) is 11.4. The molecule has 0 aliphatic heterocycles. The minimum Gasteiger partial charge on any atom is -0.223 e. The smallest absolute Gasteiger partial charge is 0.187 e. The number of benzene rings is 2. The lowest BCUT2D eigenvalue weighted by Crippen LogP contribution is -2.04. The highest BCUT2D eigenvalue weighted by Gasteiger charge is 2.14. The first-order valence-corrected chi connectivity index (χ1v) is 8.86. The second kappa shape index (κ2) is 6.46. The largest absolute Gasteiger partial charge is 0.223 e. The lowest BCUT2D eigenvalue weighted by molar-refractivity contribution is 0.601. The standard InChI is InChI=1S/C14H13ClO2S2/c15-13-6-8-14(9-7-13)19(16,17)11-18-10-12-4-2-1-3-5-12/h1-9H,10-11H2. The van der Waals surface area contributed by atoms with Gasteiger partial charge in [0.2, 0.25) is 0 Å². The van der Waals surface area contributed by atoms with E-state index in [1.807, 2.05) is 30.3 Å². The van der Waals surface area contributed by atoms with E-state index in [1.165, 1.54) is 11.8 Å². The molecule has 19 heavy (non-hydrogen) atoms. The molecule has 100 valence electrons. The highest BCUT2D eigenvalue weighted by atomic mass is 35.5. The second-order valence-electron chi connectivity index (χ2n) is 4.02. The summed E-state index contributed by atoms with van der Waals surface area (Å²) in [6.07, 6.45) is 0. The van der Waals surface area contributed by atoms with Crippen molar-refractivity contribution >= 4 is 33.2 Å². The van der Waals surface area contributed by atoms with Crippen LogP contribution >= 0.6 is 23.4 Å². The van der Waals surface area contributed by atoms with Gasteiger partial charge in [0.05, 0.1) is 4.90 Å². The number of hydrogen-bond donors (Lipinski definition) is 0. The fraction of sp³-hybridized carbons (Fsp3) is 0.143. The molecule has 0 N–H and O–H groups in total. The molecule has 2 rings (SSSR count). The van der Waals surface area contributed by atoms with Crippen molar-refractivity contribution in [1.29, 1.82) is 0 Å². The van der Waals surface area contributed by atoms with E-state index >= 15 is 0 Å². The Labute approximate surface area is 122 Å². The van der Waals surface area contributed by atoms with Gasteiger partial charge in [0.25, 0.3) is 0 Å². The van der Waals surface area contributed by atoms with E-state index < -0.39 is 9.84 Å². The molecule has 5 heteroatoms. The van der Waals surface area contributed by atoms with Crippen LogP contribution < -0.4 is 0 Å². The molecule has 0 aliphatic carbocycles. The molecule has 0 heterocycles. The Kier molecular flexibility index (Phi) is 4.91.